The quantitative estimate of drug-likeness (QED) is 0.630. The molecule has 0 aromatic carbocycles. The van der Waals surface area contributed by atoms with Crippen molar-refractivity contribution in [2.75, 3.05) is 6.61 Å². The van der Waals surface area contributed by atoms with Crippen LogP contribution in [0.5, 0.6) is 0 Å². The molecule has 1 unspecified atom stereocenters. The molecule has 0 saturated heterocycles. The Morgan fingerprint density at radius 1 is 1.80 bits per heavy atom. The van der Waals surface area contributed by atoms with E-state index in [4.69, 9.17) is 8.94 Å². The highest BCUT2D eigenvalue weighted by Crippen LogP contribution is 2.20. The van der Waals surface area contributed by atoms with Gasteiger partial charge in [-0.3, -0.25) is 0 Å². The smallest absolute Gasteiger partial charge is 0.425 e. The second-order valence-electron chi connectivity index (χ2n) is 1.63. The minimum absolute atomic E-state index is 0.400. The lowest BCUT2D eigenvalue weighted by atomic mass is 10.7. The summed E-state index contributed by atoms with van der Waals surface area (Å²) in [6.07, 6.45) is 1.47. The maximum atomic E-state index is 10.9. The van der Waals surface area contributed by atoms with Crippen LogP contribution in [0.4, 0.5) is 0 Å². The van der Waals surface area contributed by atoms with Crippen molar-refractivity contribution < 1.29 is 13.5 Å². The fourth-order valence-corrected chi connectivity index (χ4v) is 1.27. The van der Waals surface area contributed by atoms with E-state index in [1.165, 1.54) is 6.26 Å². The highest BCUT2D eigenvalue weighted by molar-refractivity contribution is 7.47. The second-order valence-corrected chi connectivity index (χ2v) is 2.84. The Labute approximate surface area is 59.9 Å². The van der Waals surface area contributed by atoms with Crippen LogP contribution in [-0.4, -0.2) is 6.61 Å². The maximum Gasteiger partial charge on any atom is 0.588 e. The van der Waals surface area contributed by atoms with Gasteiger partial charge in [0.2, 0.25) is 0 Å². The molecule has 1 atom stereocenters. The van der Waals surface area contributed by atoms with Crippen LogP contribution in [0.25, 0.3) is 0 Å². The third-order valence-corrected chi connectivity index (χ3v) is 2.04. The molecule has 0 fully saturated rings. The van der Waals surface area contributed by atoms with E-state index in [9.17, 15) is 4.57 Å². The Kier molecular flexibility index (Phi) is 2.60. The number of hydrogen-bond acceptors (Lipinski definition) is 3. The van der Waals surface area contributed by atoms with Gasteiger partial charge in [0.05, 0.1) is 6.26 Å². The minimum atomic E-state index is -1.76. The van der Waals surface area contributed by atoms with Crippen LogP contribution in [0.2, 0.25) is 0 Å². The standard InChI is InChI=1S/C6H8O3P/c1-2-9-10(7)6-4-3-5-8-6/h3-5H,2H2,1H3/q+1. The van der Waals surface area contributed by atoms with E-state index in [0.717, 1.165) is 0 Å². The molecule has 0 N–H and O–H groups in total. The van der Waals surface area contributed by atoms with Crippen molar-refractivity contribution in [1.29, 1.82) is 0 Å². The molecule has 54 valence electrons. The van der Waals surface area contributed by atoms with Gasteiger partial charge < -0.3 is 4.42 Å². The van der Waals surface area contributed by atoms with Gasteiger partial charge in [0.15, 0.2) is 0 Å². The third-order valence-electron chi connectivity index (χ3n) is 0.932. The first kappa shape index (κ1) is 7.45. The summed E-state index contributed by atoms with van der Waals surface area (Å²) in [6, 6.07) is 3.32. The molecular weight excluding hydrogens is 151 g/mol. The van der Waals surface area contributed by atoms with Crippen LogP contribution in [0.1, 0.15) is 6.92 Å². The van der Waals surface area contributed by atoms with Crippen molar-refractivity contribution in [1.82, 2.24) is 0 Å². The third kappa shape index (κ3) is 1.66. The fraction of sp³-hybridized carbons (Fsp3) is 0.333. The van der Waals surface area contributed by atoms with Crippen molar-refractivity contribution >= 4 is 13.5 Å². The summed E-state index contributed by atoms with van der Waals surface area (Å²) < 4.78 is 20.6. The van der Waals surface area contributed by atoms with Gasteiger partial charge in [0.25, 0.3) is 0 Å². The molecule has 0 aliphatic rings. The molecule has 1 aromatic heterocycles. The molecule has 0 aliphatic heterocycles. The average molecular weight is 159 g/mol. The normalized spacial score (nSPS) is 11.5. The van der Waals surface area contributed by atoms with Crippen LogP contribution in [0.15, 0.2) is 22.8 Å². The fourth-order valence-electron chi connectivity index (χ4n) is 0.555. The SMILES string of the molecule is CCO[P+](=O)c1ccco1. The van der Waals surface area contributed by atoms with Crippen LogP contribution < -0.4 is 5.50 Å². The Morgan fingerprint density at radius 2 is 2.60 bits per heavy atom. The van der Waals surface area contributed by atoms with Crippen molar-refractivity contribution in [2.45, 2.75) is 6.92 Å². The first-order chi connectivity index (χ1) is 4.84. The van der Waals surface area contributed by atoms with Crippen LogP contribution in [0, 0.1) is 0 Å². The van der Waals surface area contributed by atoms with Crippen molar-refractivity contribution in [3.63, 3.8) is 0 Å². The van der Waals surface area contributed by atoms with Gasteiger partial charge in [-0.1, -0.05) is 0 Å². The summed E-state index contributed by atoms with van der Waals surface area (Å²) >= 11 is 0. The molecular formula is C6H8O3P+. The molecule has 0 amide bonds. The Morgan fingerprint density at radius 3 is 3.10 bits per heavy atom. The Balaban J connectivity index is 2.59. The summed E-state index contributed by atoms with van der Waals surface area (Å²) in [7, 11) is -1.76. The van der Waals surface area contributed by atoms with Crippen LogP contribution in [0.3, 0.4) is 0 Å². The summed E-state index contributed by atoms with van der Waals surface area (Å²) in [5.74, 6) is 0. The van der Waals surface area contributed by atoms with Gasteiger partial charge in [-0.05, 0) is 17.6 Å². The minimum Gasteiger partial charge on any atom is -0.425 e. The van der Waals surface area contributed by atoms with Gasteiger partial charge in [-0.15, -0.1) is 4.52 Å². The average Bonchev–Trinajstić information content (AvgIpc) is 2.38. The summed E-state index contributed by atoms with van der Waals surface area (Å²) in [4.78, 5) is 0. The van der Waals surface area contributed by atoms with Crippen molar-refractivity contribution in [3.05, 3.63) is 18.4 Å². The van der Waals surface area contributed by atoms with E-state index in [2.05, 4.69) is 0 Å². The molecule has 10 heavy (non-hydrogen) atoms. The van der Waals surface area contributed by atoms with Crippen LogP contribution in [-0.2, 0) is 9.09 Å². The monoisotopic (exact) mass is 159 g/mol. The molecule has 0 spiro atoms. The van der Waals surface area contributed by atoms with Gasteiger partial charge >= 0.3 is 13.5 Å². The molecule has 1 heterocycles. The molecule has 4 heteroatoms. The lowest BCUT2D eigenvalue weighted by Crippen LogP contribution is -1.92. The number of furan rings is 1. The van der Waals surface area contributed by atoms with Gasteiger partial charge in [0.1, 0.15) is 6.61 Å². The molecule has 1 rings (SSSR count). The topological polar surface area (TPSA) is 39.4 Å². The predicted molar refractivity (Wildman–Crippen MR) is 37.6 cm³/mol. The highest BCUT2D eigenvalue weighted by atomic mass is 31.1. The van der Waals surface area contributed by atoms with E-state index < -0.39 is 8.03 Å². The molecule has 0 saturated carbocycles. The number of hydrogen-bond donors (Lipinski definition) is 0. The van der Waals surface area contributed by atoms with E-state index >= 15 is 0 Å². The Hall–Kier alpha value is -0.660. The number of rotatable bonds is 3. The first-order valence-corrected chi connectivity index (χ1v) is 4.16. The molecule has 0 aliphatic carbocycles. The zero-order valence-electron chi connectivity index (χ0n) is 5.61. The second kappa shape index (κ2) is 3.49. The van der Waals surface area contributed by atoms with Crippen molar-refractivity contribution in [2.24, 2.45) is 0 Å². The molecule has 3 nitrogen and oxygen atoms in total. The largest absolute Gasteiger partial charge is 0.588 e. The first-order valence-electron chi connectivity index (χ1n) is 2.98. The maximum absolute atomic E-state index is 10.9. The van der Waals surface area contributed by atoms with E-state index in [0.29, 0.717) is 12.1 Å². The van der Waals surface area contributed by atoms with E-state index in [1.807, 2.05) is 0 Å². The summed E-state index contributed by atoms with van der Waals surface area (Å²) in [5, 5.41) is 0. The lowest BCUT2D eigenvalue weighted by molar-refractivity contribution is 0.352. The van der Waals surface area contributed by atoms with E-state index in [1.54, 1.807) is 19.1 Å². The molecule has 0 radical (unpaired) electrons. The summed E-state index contributed by atoms with van der Waals surface area (Å²) in [5.41, 5.74) is 0.400. The van der Waals surface area contributed by atoms with E-state index in [-0.39, 0.29) is 0 Å². The van der Waals surface area contributed by atoms with Gasteiger partial charge in [-0.25, -0.2) is 0 Å². The highest BCUT2D eigenvalue weighted by Gasteiger charge is 2.24. The molecule has 1 aromatic rings. The van der Waals surface area contributed by atoms with Crippen LogP contribution >= 0.6 is 8.03 Å². The van der Waals surface area contributed by atoms with Crippen molar-refractivity contribution in [3.8, 4) is 0 Å². The van der Waals surface area contributed by atoms with Gasteiger partial charge in [0, 0.05) is 6.07 Å². The zero-order valence-corrected chi connectivity index (χ0v) is 6.51. The van der Waals surface area contributed by atoms with Gasteiger partial charge in [-0.2, -0.15) is 0 Å². The zero-order chi connectivity index (χ0) is 7.40. The summed E-state index contributed by atoms with van der Waals surface area (Å²) in [6.45, 7) is 2.23. The predicted octanol–water partition coefficient (Wildman–Crippen LogP) is 1.68. The molecule has 0 bridgehead atoms. The lowest BCUT2D eigenvalue weighted by Gasteiger charge is -1.77. The Bertz CT molecular complexity index is 205.